The molecule has 9 heteroatoms. The molecule has 0 amide bonds. The summed E-state index contributed by atoms with van der Waals surface area (Å²) in [5.41, 5.74) is 3.73. The zero-order valence-corrected chi connectivity index (χ0v) is 19.1. The van der Waals surface area contributed by atoms with Gasteiger partial charge in [0.15, 0.2) is 5.13 Å². The van der Waals surface area contributed by atoms with Crippen LogP contribution in [0.4, 0.5) is 10.8 Å². The third-order valence-corrected chi connectivity index (χ3v) is 8.14. The monoisotopic (exact) mass is 466 g/mol. The van der Waals surface area contributed by atoms with Crippen molar-refractivity contribution in [1.82, 2.24) is 14.3 Å². The molecule has 0 spiro atoms. The maximum Gasteiger partial charge on any atom is 0.243 e. The van der Waals surface area contributed by atoms with Crippen molar-refractivity contribution in [3.63, 3.8) is 0 Å². The number of pyridine rings is 1. The SMILES string of the molecule is Cc1cnc(Nc2ccnc3ccc(-c4ccc(S(=O)(=O)N5CCOCC5)cc4)cc23)s1. The van der Waals surface area contributed by atoms with Gasteiger partial charge in [0.1, 0.15) is 0 Å². The van der Waals surface area contributed by atoms with Crippen LogP contribution in [0.5, 0.6) is 0 Å². The topological polar surface area (TPSA) is 84.4 Å². The van der Waals surface area contributed by atoms with E-state index < -0.39 is 10.0 Å². The van der Waals surface area contributed by atoms with E-state index in [1.165, 1.54) is 4.31 Å². The maximum atomic E-state index is 12.9. The highest BCUT2D eigenvalue weighted by Gasteiger charge is 2.26. The smallest absolute Gasteiger partial charge is 0.243 e. The average Bonchev–Trinajstić information content (AvgIpc) is 3.24. The number of aromatic nitrogens is 2. The largest absolute Gasteiger partial charge is 0.379 e. The van der Waals surface area contributed by atoms with Crippen molar-refractivity contribution in [3.8, 4) is 11.1 Å². The number of thiazole rings is 1. The van der Waals surface area contributed by atoms with E-state index in [0.717, 1.165) is 37.7 Å². The van der Waals surface area contributed by atoms with Crippen LogP contribution in [0.25, 0.3) is 22.0 Å². The molecule has 1 N–H and O–H groups in total. The first-order valence-electron chi connectivity index (χ1n) is 10.3. The summed E-state index contributed by atoms with van der Waals surface area (Å²) in [6, 6.07) is 15.0. The van der Waals surface area contributed by atoms with Crippen molar-refractivity contribution in [2.75, 3.05) is 31.6 Å². The minimum atomic E-state index is -3.51. The summed E-state index contributed by atoms with van der Waals surface area (Å²) in [5.74, 6) is 0. The number of fused-ring (bicyclic) bond motifs is 1. The number of hydrogen-bond donors (Lipinski definition) is 1. The van der Waals surface area contributed by atoms with E-state index in [2.05, 4.69) is 21.4 Å². The second-order valence-electron chi connectivity index (χ2n) is 7.53. The van der Waals surface area contributed by atoms with Crippen LogP contribution in [0, 0.1) is 6.92 Å². The van der Waals surface area contributed by atoms with Gasteiger partial charge in [-0.2, -0.15) is 4.31 Å². The first-order chi connectivity index (χ1) is 15.5. The summed E-state index contributed by atoms with van der Waals surface area (Å²) in [5, 5.41) is 5.19. The number of ether oxygens (including phenoxy) is 1. The lowest BCUT2D eigenvalue weighted by Gasteiger charge is -2.26. The number of anilines is 2. The molecule has 4 aromatic rings. The summed E-state index contributed by atoms with van der Waals surface area (Å²) in [6.07, 6.45) is 3.62. The van der Waals surface area contributed by atoms with Gasteiger partial charge in [-0.1, -0.05) is 18.2 Å². The van der Waals surface area contributed by atoms with E-state index >= 15 is 0 Å². The Bertz CT molecular complexity index is 1360. The van der Waals surface area contributed by atoms with Gasteiger partial charge in [-0.05, 0) is 48.4 Å². The van der Waals surface area contributed by atoms with Gasteiger partial charge in [0.25, 0.3) is 0 Å². The molecule has 2 aromatic heterocycles. The lowest BCUT2D eigenvalue weighted by molar-refractivity contribution is 0.0730. The van der Waals surface area contributed by atoms with Crippen LogP contribution in [0.15, 0.2) is 65.8 Å². The summed E-state index contributed by atoms with van der Waals surface area (Å²) >= 11 is 1.60. The number of morpholine rings is 1. The lowest BCUT2D eigenvalue weighted by atomic mass is 10.0. The van der Waals surface area contributed by atoms with Gasteiger partial charge in [-0.3, -0.25) is 4.98 Å². The molecule has 0 atom stereocenters. The van der Waals surface area contributed by atoms with E-state index in [4.69, 9.17) is 4.74 Å². The van der Waals surface area contributed by atoms with Gasteiger partial charge in [-0.25, -0.2) is 13.4 Å². The van der Waals surface area contributed by atoms with Crippen LogP contribution in [0.3, 0.4) is 0 Å². The number of sulfonamides is 1. The first-order valence-corrected chi connectivity index (χ1v) is 12.5. The predicted molar refractivity (Wildman–Crippen MR) is 127 cm³/mol. The molecule has 1 fully saturated rings. The van der Waals surface area contributed by atoms with Crippen molar-refractivity contribution >= 4 is 43.1 Å². The summed E-state index contributed by atoms with van der Waals surface area (Å²) in [7, 11) is -3.51. The van der Waals surface area contributed by atoms with Gasteiger partial charge < -0.3 is 10.1 Å². The Balaban J connectivity index is 1.46. The fourth-order valence-corrected chi connectivity index (χ4v) is 5.80. The van der Waals surface area contributed by atoms with Crippen molar-refractivity contribution in [3.05, 3.63) is 65.8 Å². The van der Waals surface area contributed by atoms with Crippen LogP contribution >= 0.6 is 11.3 Å². The predicted octanol–water partition coefficient (Wildman–Crippen LogP) is 4.43. The maximum absolute atomic E-state index is 12.9. The Hall–Kier alpha value is -2.85. The fourth-order valence-electron chi connectivity index (χ4n) is 3.72. The van der Waals surface area contributed by atoms with Crippen molar-refractivity contribution < 1.29 is 13.2 Å². The standard InChI is InChI=1S/C23H22N4O3S2/c1-16-15-25-23(31-16)26-22-8-9-24-21-7-4-18(14-20(21)22)17-2-5-19(6-3-17)32(28,29)27-10-12-30-13-11-27/h2-9,14-15H,10-13H2,1H3,(H,24,25,26). The molecule has 32 heavy (non-hydrogen) atoms. The Labute approximate surface area is 190 Å². The molecule has 0 unspecified atom stereocenters. The van der Waals surface area contributed by atoms with Crippen LogP contribution in [-0.2, 0) is 14.8 Å². The molecule has 1 aliphatic heterocycles. The first kappa shape index (κ1) is 21.0. The molecule has 7 nitrogen and oxygen atoms in total. The average molecular weight is 467 g/mol. The van der Waals surface area contributed by atoms with Crippen LogP contribution in [-0.4, -0.2) is 49.0 Å². The molecule has 1 aliphatic rings. The van der Waals surface area contributed by atoms with Crippen LogP contribution < -0.4 is 5.32 Å². The summed E-state index contributed by atoms with van der Waals surface area (Å²) in [6.45, 7) is 3.65. The number of benzene rings is 2. The normalized spacial score (nSPS) is 15.2. The molecule has 3 heterocycles. The highest BCUT2D eigenvalue weighted by molar-refractivity contribution is 7.89. The molecule has 164 valence electrons. The quantitative estimate of drug-likeness (QED) is 0.468. The van der Waals surface area contributed by atoms with E-state index in [-0.39, 0.29) is 0 Å². The third kappa shape index (κ3) is 4.12. The Morgan fingerprint density at radius 1 is 1.00 bits per heavy atom. The van der Waals surface area contributed by atoms with E-state index in [9.17, 15) is 8.42 Å². The van der Waals surface area contributed by atoms with E-state index in [1.807, 2.05) is 43.5 Å². The summed E-state index contributed by atoms with van der Waals surface area (Å²) < 4.78 is 32.5. The number of nitrogens with zero attached hydrogens (tertiary/aromatic N) is 3. The Morgan fingerprint density at radius 2 is 1.75 bits per heavy atom. The zero-order chi connectivity index (χ0) is 22.1. The minimum absolute atomic E-state index is 0.298. The van der Waals surface area contributed by atoms with Crippen molar-refractivity contribution in [1.29, 1.82) is 0 Å². The number of nitrogens with one attached hydrogen (secondary N) is 1. The highest BCUT2D eigenvalue weighted by atomic mass is 32.2. The Morgan fingerprint density at radius 3 is 2.47 bits per heavy atom. The van der Waals surface area contributed by atoms with E-state index in [1.54, 1.807) is 29.7 Å². The minimum Gasteiger partial charge on any atom is -0.379 e. The molecule has 0 bridgehead atoms. The van der Waals surface area contributed by atoms with Crippen molar-refractivity contribution in [2.24, 2.45) is 0 Å². The molecule has 5 rings (SSSR count). The molecule has 0 radical (unpaired) electrons. The van der Waals surface area contributed by atoms with Gasteiger partial charge in [-0.15, -0.1) is 11.3 Å². The zero-order valence-electron chi connectivity index (χ0n) is 17.5. The number of aryl methyl sites for hydroxylation is 1. The highest BCUT2D eigenvalue weighted by Crippen LogP contribution is 2.31. The van der Waals surface area contributed by atoms with Gasteiger partial charge in [0.2, 0.25) is 10.0 Å². The fraction of sp³-hybridized carbons (Fsp3) is 0.217. The molecule has 1 saturated heterocycles. The molecule has 2 aromatic carbocycles. The number of rotatable bonds is 5. The summed E-state index contributed by atoms with van der Waals surface area (Å²) in [4.78, 5) is 10.3. The van der Waals surface area contributed by atoms with Crippen LogP contribution in [0.2, 0.25) is 0 Å². The third-order valence-electron chi connectivity index (χ3n) is 5.40. The van der Waals surface area contributed by atoms with Gasteiger partial charge in [0.05, 0.1) is 29.3 Å². The lowest BCUT2D eigenvalue weighted by Crippen LogP contribution is -2.40. The second kappa shape index (κ2) is 8.59. The molecular weight excluding hydrogens is 444 g/mol. The van der Waals surface area contributed by atoms with E-state index in [0.29, 0.717) is 31.2 Å². The van der Waals surface area contributed by atoms with Gasteiger partial charge >= 0.3 is 0 Å². The molecular formula is C23H22N4O3S2. The molecule has 0 aliphatic carbocycles. The second-order valence-corrected chi connectivity index (χ2v) is 10.7. The Kier molecular flexibility index (Phi) is 5.64. The van der Waals surface area contributed by atoms with Crippen LogP contribution in [0.1, 0.15) is 4.88 Å². The number of hydrogen-bond acceptors (Lipinski definition) is 7. The molecule has 0 saturated carbocycles. The van der Waals surface area contributed by atoms with Crippen molar-refractivity contribution in [2.45, 2.75) is 11.8 Å². The van der Waals surface area contributed by atoms with Gasteiger partial charge in [0, 0.05) is 35.7 Å².